The summed E-state index contributed by atoms with van der Waals surface area (Å²) in [7, 11) is -0.361. The first kappa shape index (κ1) is 9.34. The van der Waals surface area contributed by atoms with Crippen LogP contribution in [-0.2, 0) is 15.4 Å². The molecule has 0 amide bonds. The van der Waals surface area contributed by atoms with Crippen molar-refractivity contribution in [2.75, 3.05) is 0 Å². The van der Waals surface area contributed by atoms with Crippen LogP contribution in [0.3, 0.4) is 0 Å². The molecule has 2 radical (unpaired) electrons. The summed E-state index contributed by atoms with van der Waals surface area (Å²) in [5.74, 6) is 0. The van der Waals surface area contributed by atoms with E-state index in [9.17, 15) is 0 Å². The molecule has 0 N–H and O–H groups in total. The molecule has 0 atom stereocenters. The molecule has 0 saturated carbocycles. The van der Waals surface area contributed by atoms with Crippen molar-refractivity contribution in [2.24, 2.45) is 0 Å². The van der Waals surface area contributed by atoms with E-state index in [2.05, 4.69) is 15.4 Å². The second-order valence-corrected chi connectivity index (χ2v) is 3.51. The summed E-state index contributed by atoms with van der Waals surface area (Å²) in [6.07, 6.45) is 0. The van der Waals surface area contributed by atoms with Crippen LogP contribution in [-0.4, -0.2) is 34.7 Å². The Hall–Kier alpha value is 1.95. The summed E-state index contributed by atoms with van der Waals surface area (Å²) in [5.41, 5.74) is 0. The molecule has 0 heterocycles. The van der Waals surface area contributed by atoms with Crippen LogP contribution in [0.1, 0.15) is 0 Å². The zero-order valence-electron chi connectivity index (χ0n) is 2.15. The van der Waals surface area contributed by atoms with E-state index in [-0.39, 0.29) is 34.7 Å². The van der Waals surface area contributed by atoms with E-state index in [1.165, 1.54) is 0 Å². The number of hydrogen-bond acceptors (Lipinski definition) is 0. The average molecular weight is 331 g/mol. The van der Waals surface area contributed by atoms with Crippen LogP contribution >= 0.6 is 11.1 Å². The van der Waals surface area contributed by atoms with Crippen LogP contribution in [0.25, 0.3) is 0 Å². The summed E-state index contributed by atoms with van der Waals surface area (Å²) in [6, 6.07) is 0. The second kappa shape index (κ2) is 8.87. The van der Waals surface area contributed by atoms with Crippen LogP contribution in [0.5, 0.6) is 0 Å². The van der Waals surface area contributed by atoms with Gasteiger partial charge in [-0.05, 0) is 0 Å². The standard InChI is InChI=1S/ClH2Si.Fe.Pb.2H/c1-2;;;;/h2H2;;;;. The Labute approximate surface area is 60.6 Å². The molecule has 0 aliphatic rings. The predicted molar refractivity (Wildman–Crippen MR) is 22.9 cm³/mol. The van der Waals surface area contributed by atoms with Gasteiger partial charge in [-0.2, -0.15) is 0 Å². The van der Waals surface area contributed by atoms with E-state index in [0.29, 0.717) is 0 Å². The van der Waals surface area contributed by atoms with Crippen LogP contribution in [0, 0.1) is 0 Å². The molecule has 0 saturated heterocycles. The Balaban J connectivity index is 0. The maximum atomic E-state index is 5.03. The summed E-state index contributed by atoms with van der Waals surface area (Å²) in [5, 5.41) is 0. The molecule has 27 valence electrons. The predicted octanol–water partition coefficient (Wildman–Crippen LogP) is -1.15. The first-order chi connectivity index (χ1) is 1.41. The summed E-state index contributed by atoms with van der Waals surface area (Å²) in [4.78, 5) is 0. The van der Waals surface area contributed by atoms with Crippen LogP contribution in [0.2, 0.25) is 0 Å². The third-order valence-electron chi connectivity index (χ3n) is 0. The zero-order valence-corrected chi connectivity index (χ0v) is 10.9. The van der Waals surface area contributed by atoms with E-state index < -0.39 is 0 Å². The molecule has 0 aliphatic carbocycles. The SMILES string of the molecule is Cl[SiH2][Fe].[PbH2]. The number of hydrogen-bond donors (Lipinski definition) is 0. The van der Waals surface area contributed by atoms with Gasteiger partial charge in [-0.15, -0.1) is 0 Å². The molecule has 0 aromatic carbocycles. The third kappa shape index (κ3) is 9.04. The fourth-order valence-electron chi connectivity index (χ4n) is 0. The summed E-state index contributed by atoms with van der Waals surface area (Å²) in [6.45, 7) is 0. The Kier molecular flexibility index (Phi) is 20.7. The molecule has 0 aromatic rings. The fourth-order valence-corrected chi connectivity index (χ4v) is 0. The first-order valence-electron chi connectivity index (χ1n) is 0.517. The van der Waals surface area contributed by atoms with E-state index in [4.69, 9.17) is 11.1 Å². The summed E-state index contributed by atoms with van der Waals surface area (Å²) >= 11 is 8.42. The van der Waals surface area contributed by atoms with Gasteiger partial charge in [0.2, 0.25) is 0 Å². The van der Waals surface area contributed by atoms with Crippen LogP contribution in [0.4, 0.5) is 0 Å². The Morgan fingerprint density at radius 2 is 1.75 bits per heavy atom. The van der Waals surface area contributed by atoms with Crippen LogP contribution < -0.4 is 0 Å². The maximum absolute atomic E-state index is 5.03. The van der Waals surface area contributed by atoms with Gasteiger partial charge in [-0.25, -0.2) is 0 Å². The molecule has 4 heteroatoms. The average Bonchev–Trinajstić information content (AvgIpc) is 0.918. The van der Waals surface area contributed by atoms with E-state index in [1.807, 2.05) is 0 Å². The normalized spacial score (nSPS) is 7.50. The summed E-state index contributed by atoms with van der Waals surface area (Å²) < 4.78 is 0. The molecule has 4 heavy (non-hydrogen) atoms. The molecule has 0 aliphatic heterocycles. The molecule has 0 aromatic heterocycles. The van der Waals surface area contributed by atoms with E-state index >= 15 is 0 Å². The second-order valence-electron chi connectivity index (χ2n) is 0.0945. The monoisotopic (exact) mass is 331 g/mol. The Morgan fingerprint density at radius 1 is 1.75 bits per heavy atom. The molecular weight excluding hydrogens is 327 g/mol. The third-order valence-corrected chi connectivity index (χ3v) is 0. The van der Waals surface area contributed by atoms with E-state index in [1.54, 1.807) is 0 Å². The molecule has 0 unspecified atom stereocenters. The van der Waals surface area contributed by atoms with Gasteiger partial charge < -0.3 is 0 Å². The van der Waals surface area contributed by atoms with Crippen molar-refractivity contribution in [3.8, 4) is 0 Å². The zero-order chi connectivity index (χ0) is 2.71. The van der Waals surface area contributed by atoms with Gasteiger partial charge in [0.15, 0.2) is 0 Å². The van der Waals surface area contributed by atoms with Crippen molar-refractivity contribution >= 4 is 45.8 Å². The van der Waals surface area contributed by atoms with Crippen molar-refractivity contribution in [3.63, 3.8) is 0 Å². The van der Waals surface area contributed by atoms with E-state index in [0.717, 1.165) is 0 Å². The van der Waals surface area contributed by atoms with Crippen molar-refractivity contribution in [2.45, 2.75) is 0 Å². The van der Waals surface area contributed by atoms with Gasteiger partial charge in [-0.1, -0.05) is 0 Å². The molecule has 0 fully saturated rings. The molecule has 0 nitrogen and oxygen atoms in total. The number of rotatable bonds is 0. The Bertz CT molecular complexity index is 8.00. The van der Waals surface area contributed by atoms with Crippen molar-refractivity contribution in [1.82, 2.24) is 0 Å². The quantitative estimate of drug-likeness (QED) is 0.389. The molecular formula is H4ClFePbSi. The van der Waals surface area contributed by atoms with Gasteiger partial charge in [-0.3, -0.25) is 0 Å². The van der Waals surface area contributed by atoms with Crippen molar-refractivity contribution in [1.29, 1.82) is 0 Å². The molecule has 0 bridgehead atoms. The van der Waals surface area contributed by atoms with Gasteiger partial charge in [0, 0.05) is 0 Å². The minimum atomic E-state index is -0.361. The minimum absolute atomic E-state index is 0. The Morgan fingerprint density at radius 3 is 1.75 bits per heavy atom. The first-order valence-corrected chi connectivity index (χ1v) is 5.50. The molecule has 0 spiro atoms. The van der Waals surface area contributed by atoms with Crippen LogP contribution in [0.15, 0.2) is 0 Å². The van der Waals surface area contributed by atoms with Gasteiger partial charge in [0.25, 0.3) is 0 Å². The van der Waals surface area contributed by atoms with Crippen molar-refractivity contribution in [3.05, 3.63) is 0 Å². The fraction of sp³-hybridized carbons (Fsp3) is 0. The topological polar surface area (TPSA) is 0 Å². The van der Waals surface area contributed by atoms with Gasteiger partial charge in [0.1, 0.15) is 0 Å². The van der Waals surface area contributed by atoms with Gasteiger partial charge in [0.05, 0.1) is 0 Å². The molecule has 0 rings (SSSR count). The van der Waals surface area contributed by atoms with Crippen molar-refractivity contribution < 1.29 is 15.4 Å². The number of halogens is 1. The van der Waals surface area contributed by atoms with Gasteiger partial charge >= 0.3 is 61.2 Å².